The van der Waals surface area contributed by atoms with Gasteiger partial charge in [-0.15, -0.1) is 24.0 Å². The highest BCUT2D eigenvalue weighted by molar-refractivity contribution is 14.0. The first-order valence-electron chi connectivity index (χ1n) is 9.82. The molecular formula is C20H35IN4O2. The lowest BCUT2D eigenvalue weighted by molar-refractivity contribution is 0.161. The van der Waals surface area contributed by atoms with E-state index in [1.165, 1.54) is 25.8 Å². The van der Waals surface area contributed by atoms with Crippen molar-refractivity contribution in [1.29, 1.82) is 0 Å². The largest absolute Gasteiger partial charge is 0.493 e. The summed E-state index contributed by atoms with van der Waals surface area (Å²) in [6.07, 6.45) is 3.84. The SMILES string of the molecule is CCNC(=NCC1CCCCN1CC)Nc1ccc(OC)c(OCC)c1.I. The van der Waals surface area contributed by atoms with Crippen LogP contribution in [0.15, 0.2) is 23.2 Å². The molecule has 1 atom stereocenters. The second-order valence-electron chi connectivity index (χ2n) is 6.42. The Labute approximate surface area is 181 Å². The first kappa shape index (κ1) is 23.8. The molecule has 0 aromatic heterocycles. The fourth-order valence-corrected chi connectivity index (χ4v) is 3.35. The van der Waals surface area contributed by atoms with E-state index in [4.69, 9.17) is 14.5 Å². The number of guanidine groups is 1. The lowest BCUT2D eigenvalue weighted by Crippen LogP contribution is -2.42. The van der Waals surface area contributed by atoms with Gasteiger partial charge in [-0.3, -0.25) is 9.89 Å². The van der Waals surface area contributed by atoms with Crippen LogP contribution in [0.1, 0.15) is 40.0 Å². The standard InChI is InChI=1S/C20H34N4O2.HI/c1-5-21-20(22-15-17-10-8-9-13-24(17)6-2)23-16-11-12-18(25-4)19(14-16)26-7-3;/h11-12,14,17H,5-10,13,15H2,1-4H3,(H2,21,22,23);1H. The third kappa shape index (κ3) is 7.37. The van der Waals surface area contributed by atoms with Gasteiger partial charge in [0.1, 0.15) is 0 Å². The zero-order valence-electron chi connectivity index (χ0n) is 17.1. The van der Waals surface area contributed by atoms with Crippen LogP contribution in [0.25, 0.3) is 0 Å². The number of hydrogen-bond acceptors (Lipinski definition) is 4. The molecule has 1 aromatic rings. The maximum atomic E-state index is 5.66. The number of anilines is 1. The number of hydrogen-bond donors (Lipinski definition) is 2. The third-order valence-corrected chi connectivity index (χ3v) is 4.69. The molecule has 0 amide bonds. The van der Waals surface area contributed by atoms with Crippen LogP contribution in [0.4, 0.5) is 5.69 Å². The number of ether oxygens (including phenoxy) is 2. The minimum Gasteiger partial charge on any atom is -0.493 e. The fraction of sp³-hybridized carbons (Fsp3) is 0.650. The van der Waals surface area contributed by atoms with Crippen LogP contribution < -0.4 is 20.1 Å². The van der Waals surface area contributed by atoms with E-state index in [0.717, 1.165) is 42.8 Å². The first-order chi connectivity index (χ1) is 12.7. The van der Waals surface area contributed by atoms with Gasteiger partial charge in [-0.25, -0.2) is 0 Å². The summed E-state index contributed by atoms with van der Waals surface area (Å²) in [5.74, 6) is 2.28. The molecule has 154 valence electrons. The Bertz CT molecular complexity index is 583. The van der Waals surface area contributed by atoms with E-state index in [9.17, 15) is 0 Å². The van der Waals surface area contributed by atoms with Gasteiger partial charge in [0.15, 0.2) is 17.5 Å². The maximum Gasteiger partial charge on any atom is 0.195 e. The highest BCUT2D eigenvalue weighted by Gasteiger charge is 2.20. The van der Waals surface area contributed by atoms with Gasteiger partial charge in [0.05, 0.1) is 20.3 Å². The summed E-state index contributed by atoms with van der Waals surface area (Å²) in [6, 6.07) is 6.39. The molecule has 2 N–H and O–H groups in total. The molecule has 1 aromatic carbocycles. The van der Waals surface area contributed by atoms with Crippen LogP contribution in [0.3, 0.4) is 0 Å². The molecule has 1 heterocycles. The molecule has 1 saturated heterocycles. The average Bonchev–Trinajstić information content (AvgIpc) is 2.67. The van der Waals surface area contributed by atoms with Crippen molar-refractivity contribution in [3.63, 3.8) is 0 Å². The van der Waals surface area contributed by atoms with Crippen molar-refractivity contribution < 1.29 is 9.47 Å². The summed E-state index contributed by atoms with van der Waals surface area (Å²) in [5.41, 5.74) is 0.935. The Morgan fingerprint density at radius 1 is 1.22 bits per heavy atom. The Morgan fingerprint density at radius 3 is 2.70 bits per heavy atom. The van der Waals surface area contributed by atoms with E-state index >= 15 is 0 Å². The van der Waals surface area contributed by atoms with Gasteiger partial charge in [0.2, 0.25) is 0 Å². The number of aliphatic imine (C=N–C) groups is 1. The minimum absolute atomic E-state index is 0. The molecule has 1 aliphatic rings. The van der Waals surface area contributed by atoms with E-state index in [0.29, 0.717) is 12.6 Å². The monoisotopic (exact) mass is 490 g/mol. The molecule has 0 aliphatic carbocycles. The Hall–Kier alpha value is -1.22. The molecule has 0 saturated carbocycles. The third-order valence-electron chi connectivity index (χ3n) is 4.69. The predicted molar refractivity (Wildman–Crippen MR) is 124 cm³/mol. The normalized spacial score (nSPS) is 17.8. The van der Waals surface area contributed by atoms with Crippen molar-refractivity contribution in [2.45, 2.75) is 46.1 Å². The van der Waals surface area contributed by atoms with Crippen LogP contribution >= 0.6 is 24.0 Å². The smallest absolute Gasteiger partial charge is 0.195 e. The molecule has 0 radical (unpaired) electrons. The van der Waals surface area contributed by atoms with E-state index in [1.807, 2.05) is 25.1 Å². The molecule has 6 nitrogen and oxygen atoms in total. The van der Waals surface area contributed by atoms with Crippen LogP contribution in [-0.4, -0.2) is 56.8 Å². The van der Waals surface area contributed by atoms with Gasteiger partial charge in [-0.05, 0) is 51.9 Å². The van der Waals surface area contributed by atoms with Gasteiger partial charge in [-0.2, -0.15) is 0 Å². The zero-order valence-corrected chi connectivity index (χ0v) is 19.4. The van der Waals surface area contributed by atoms with Gasteiger partial charge >= 0.3 is 0 Å². The Kier molecular flexibility index (Phi) is 11.5. The summed E-state index contributed by atoms with van der Waals surface area (Å²) < 4.78 is 11.0. The lowest BCUT2D eigenvalue weighted by Gasteiger charge is -2.34. The summed E-state index contributed by atoms with van der Waals surface area (Å²) in [5, 5.41) is 6.72. The van der Waals surface area contributed by atoms with Crippen molar-refractivity contribution in [2.24, 2.45) is 4.99 Å². The number of methoxy groups -OCH3 is 1. The quantitative estimate of drug-likeness (QED) is 0.328. The number of nitrogens with zero attached hydrogens (tertiary/aromatic N) is 2. The zero-order chi connectivity index (χ0) is 18.8. The number of nitrogens with one attached hydrogen (secondary N) is 2. The van der Waals surface area contributed by atoms with Crippen molar-refractivity contribution in [1.82, 2.24) is 10.2 Å². The molecular weight excluding hydrogens is 455 g/mol. The Morgan fingerprint density at radius 2 is 2.04 bits per heavy atom. The molecule has 1 aliphatic heterocycles. The van der Waals surface area contributed by atoms with Gasteiger partial charge in [0, 0.05) is 24.3 Å². The molecule has 1 fully saturated rings. The van der Waals surface area contributed by atoms with E-state index in [2.05, 4.69) is 29.4 Å². The Balaban J connectivity index is 0.00000364. The number of benzene rings is 1. The topological polar surface area (TPSA) is 58.1 Å². The van der Waals surface area contributed by atoms with Crippen molar-refractivity contribution in [2.75, 3.05) is 45.2 Å². The molecule has 0 bridgehead atoms. The van der Waals surface area contributed by atoms with Crippen molar-refractivity contribution in [3.05, 3.63) is 18.2 Å². The van der Waals surface area contributed by atoms with Gasteiger partial charge in [0.25, 0.3) is 0 Å². The van der Waals surface area contributed by atoms with Crippen LogP contribution in [0, 0.1) is 0 Å². The summed E-state index contributed by atoms with van der Waals surface area (Å²) in [7, 11) is 1.65. The lowest BCUT2D eigenvalue weighted by atomic mass is 10.0. The number of rotatable bonds is 8. The molecule has 2 rings (SSSR count). The molecule has 27 heavy (non-hydrogen) atoms. The van der Waals surface area contributed by atoms with Gasteiger partial charge < -0.3 is 20.1 Å². The first-order valence-corrected chi connectivity index (χ1v) is 9.82. The highest BCUT2D eigenvalue weighted by atomic mass is 127. The molecule has 1 unspecified atom stereocenters. The second kappa shape index (κ2) is 13.0. The number of likely N-dealkylation sites (tertiary alicyclic amines) is 1. The number of halogens is 1. The van der Waals surface area contributed by atoms with Crippen molar-refractivity contribution in [3.8, 4) is 11.5 Å². The predicted octanol–water partition coefficient (Wildman–Crippen LogP) is 3.96. The summed E-state index contributed by atoms with van der Waals surface area (Å²) in [4.78, 5) is 7.37. The molecule has 0 spiro atoms. The molecule has 7 heteroatoms. The van der Waals surface area contributed by atoms with E-state index in [-0.39, 0.29) is 24.0 Å². The maximum absolute atomic E-state index is 5.66. The number of piperidine rings is 1. The van der Waals surface area contributed by atoms with Crippen LogP contribution in [-0.2, 0) is 0 Å². The van der Waals surface area contributed by atoms with E-state index in [1.54, 1.807) is 7.11 Å². The van der Waals surface area contributed by atoms with Gasteiger partial charge in [-0.1, -0.05) is 13.3 Å². The van der Waals surface area contributed by atoms with Crippen LogP contribution in [0.5, 0.6) is 11.5 Å². The highest BCUT2D eigenvalue weighted by Crippen LogP contribution is 2.30. The summed E-state index contributed by atoms with van der Waals surface area (Å²) >= 11 is 0. The number of likely N-dealkylation sites (N-methyl/N-ethyl adjacent to an activating group) is 1. The average molecular weight is 490 g/mol. The minimum atomic E-state index is 0. The second-order valence-corrected chi connectivity index (χ2v) is 6.42. The summed E-state index contributed by atoms with van der Waals surface area (Å²) in [6.45, 7) is 10.8. The van der Waals surface area contributed by atoms with Crippen molar-refractivity contribution >= 4 is 35.6 Å². The fourth-order valence-electron chi connectivity index (χ4n) is 3.35. The van der Waals surface area contributed by atoms with Crippen LogP contribution in [0.2, 0.25) is 0 Å². The van der Waals surface area contributed by atoms with E-state index < -0.39 is 0 Å².